The number of nitrogens with zero attached hydrogens (tertiary/aromatic N) is 1. The van der Waals surface area contributed by atoms with E-state index < -0.39 is 0 Å². The second-order valence-electron chi connectivity index (χ2n) is 5.35. The Morgan fingerprint density at radius 1 is 1.29 bits per heavy atom. The van der Waals surface area contributed by atoms with Crippen LogP contribution in [-0.4, -0.2) is 16.2 Å². The molecule has 0 radical (unpaired) electrons. The van der Waals surface area contributed by atoms with E-state index in [1.165, 1.54) is 5.56 Å². The number of hydrogen-bond donors (Lipinski definition) is 1. The van der Waals surface area contributed by atoms with Gasteiger partial charge in [-0.2, -0.15) is 0 Å². The van der Waals surface area contributed by atoms with E-state index in [-0.39, 0.29) is 11.5 Å². The summed E-state index contributed by atoms with van der Waals surface area (Å²) in [6.07, 6.45) is 2.37. The molecule has 0 bridgehead atoms. The van der Waals surface area contributed by atoms with E-state index in [0.717, 1.165) is 17.3 Å². The molecule has 0 aliphatic rings. The van der Waals surface area contributed by atoms with Crippen LogP contribution in [0.3, 0.4) is 0 Å². The molecular formula is C15H19NO. The van der Waals surface area contributed by atoms with Crippen LogP contribution in [0.15, 0.2) is 36.5 Å². The van der Waals surface area contributed by atoms with Gasteiger partial charge in [-0.1, -0.05) is 32.0 Å². The van der Waals surface area contributed by atoms with Crippen molar-refractivity contribution < 1.29 is 5.11 Å². The van der Waals surface area contributed by atoms with Crippen LogP contribution in [0, 0.1) is 0 Å². The molecule has 17 heavy (non-hydrogen) atoms. The maximum atomic E-state index is 9.54. The molecule has 0 amide bonds. The Labute approximate surface area is 102 Å². The number of benzene rings is 1. The van der Waals surface area contributed by atoms with E-state index in [1.54, 1.807) is 0 Å². The molecule has 0 saturated heterocycles. The van der Waals surface area contributed by atoms with Crippen molar-refractivity contribution in [2.24, 2.45) is 0 Å². The molecular weight excluding hydrogens is 210 g/mol. The van der Waals surface area contributed by atoms with E-state index >= 15 is 0 Å². The van der Waals surface area contributed by atoms with Gasteiger partial charge in [0.1, 0.15) is 0 Å². The van der Waals surface area contributed by atoms with Crippen LogP contribution in [0.2, 0.25) is 0 Å². The van der Waals surface area contributed by atoms with E-state index in [2.05, 4.69) is 31.0 Å². The zero-order valence-corrected chi connectivity index (χ0v) is 10.6. The van der Waals surface area contributed by atoms with Crippen molar-refractivity contribution >= 4 is 10.9 Å². The number of para-hydroxylation sites is 1. The van der Waals surface area contributed by atoms with Crippen molar-refractivity contribution in [3.8, 4) is 0 Å². The summed E-state index contributed by atoms with van der Waals surface area (Å²) in [6.45, 7) is 6.12. The van der Waals surface area contributed by atoms with Gasteiger partial charge < -0.3 is 5.11 Å². The molecule has 2 rings (SSSR count). The summed E-state index contributed by atoms with van der Waals surface area (Å²) in [5.41, 5.74) is 2.15. The van der Waals surface area contributed by atoms with Gasteiger partial charge in [0, 0.05) is 11.6 Å². The SMILES string of the molecule is CC(O)CC(C)(C)c1cnc2ccccc2c1. The maximum Gasteiger partial charge on any atom is 0.0702 e. The molecule has 1 aromatic heterocycles. The largest absolute Gasteiger partial charge is 0.393 e. The summed E-state index contributed by atoms with van der Waals surface area (Å²) < 4.78 is 0. The van der Waals surface area contributed by atoms with Crippen molar-refractivity contribution in [3.63, 3.8) is 0 Å². The highest BCUT2D eigenvalue weighted by atomic mass is 16.3. The molecule has 2 aromatic rings. The lowest BCUT2D eigenvalue weighted by Crippen LogP contribution is -2.23. The molecule has 1 atom stereocenters. The van der Waals surface area contributed by atoms with Gasteiger partial charge in [0.15, 0.2) is 0 Å². The standard InChI is InChI=1S/C15H19NO/c1-11(17)9-15(2,3)13-8-12-6-4-5-7-14(12)16-10-13/h4-8,10-11,17H,9H2,1-3H3. The predicted molar refractivity (Wildman–Crippen MR) is 71.1 cm³/mol. The zero-order valence-electron chi connectivity index (χ0n) is 10.6. The zero-order chi connectivity index (χ0) is 12.5. The monoisotopic (exact) mass is 229 g/mol. The highest BCUT2D eigenvalue weighted by Gasteiger charge is 2.23. The van der Waals surface area contributed by atoms with Gasteiger partial charge in [-0.05, 0) is 36.5 Å². The molecule has 2 nitrogen and oxygen atoms in total. The maximum absolute atomic E-state index is 9.54. The highest BCUT2D eigenvalue weighted by molar-refractivity contribution is 5.78. The molecule has 0 spiro atoms. The Balaban J connectivity index is 2.42. The number of rotatable bonds is 3. The van der Waals surface area contributed by atoms with Gasteiger partial charge in [0.2, 0.25) is 0 Å². The fourth-order valence-electron chi connectivity index (χ4n) is 2.30. The number of aliphatic hydroxyl groups is 1. The predicted octanol–water partition coefficient (Wildman–Crippen LogP) is 3.28. The molecule has 0 saturated carbocycles. The van der Waals surface area contributed by atoms with Crippen LogP contribution >= 0.6 is 0 Å². The quantitative estimate of drug-likeness (QED) is 0.876. The van der Waals surface area contributed by atoms with Crippen LogP contribution in [-0.2, 0) is 5.41 Å². The van der Waals surface area contributed by atoms with Crippen molar-refractivity contribution in [1.29, 1.82) is 0 Å². The Kier molecular flexibility index (Phi) is 3.16. The van der Waals surface area contributed by atoms with Crippen molar-refractivity contribution in [2.75, 3.05) is 0 Å². The first-order valence-corrected chi connectivity index (χ1v) is 6.02. The Bertz CT molecular complexity index is 517. The van der Waals surface area contributed by atoms with Crippen molar-refractivity contribution in [1.82, 2.24) is 4.98 Å². The first-order chi connectivity index (χ1) is 7.99. The third-order valence-electron chi connectivity index (χ3n) is 3.18. The van der Waals surface area contributed by atoms with Crippen molar-refractivity contribution in [2.45, 2.75) is 38.7 Å². The molecule has 1 N–H and O–H groups in total. The van der Waals surface area contributed by atoms with E-state index in [4.69, 9.17) is 0 Å². The van der Waals surface area contributed by atoms with Gasteiger partial charge >= 0.3 is 0 Å². The fourth-order valence-corrected chi connectivity index (χ4v) is 2.30. The molecule has 1 aromatic carbocycles. The summed E-state index contributed by atoms with van der Waals surface area (Å²) in [6, 6.07) is 10.3. The second kappa shape index (κ2) is 4.46. The average molecular weight is 229 g/mol. The summed E-state index contributed by atoms with van der Waals surface area (Å²) in [5, 5.41) is 10.7. The minimum absolute atomic E-state index is 0.0504. The van der Waals surface area contributed by atoms with Crippen molar-refractivity contribution in [3.05, 3.63) is 42.1 Å². The van der Waals surface area contributed by atoms with E-state index in [9.17, 15) is 5.11 Å². The van der Waals surface area contributed by atoms with Crippen LogP contribution in [0.5, 0.6) is 0 Å². The first kappa shape index (κ1) is 12.1. The lowest BCUT2D eigenvalue weighted by atomic mass is 9.80. The number of aromatic nitrogens is 1. The minimum atomic E-state index is -0.295. The fraction of sp³-hybridized carbons (Fsp3) is 0.400. The average Bonchev–Trinajstić information content (AvgIpc) is 2.26. The molecule has 90 valence electrons. The summed E-state index contributed by atoms with van der Waals surface area (Å²) in [4.78, 5) is 4.47. The Hall–Kier alpha value is -1.41. The van der Waals surface area contributed by atoms with Gasteiger partial charge in [-0.15, -0.1) is 0 Å². The Morgan fingerprint density at radius 2 is 2.00 bits per heavy atom. The van der Waals surface area contributed by atoms with Gasteiger partial charge in [0.25, 0.3) is 0 Å². The first-order valence-electron chi connectivity index (χ1n) is 6.02. The number of aliphatic hydroxyl groups excluding tert-OH is 1. The number of fused-ring (bicyclic) bond motifs is 1. The number of pyridine rings is 1. The van der Waals surface area contributed by atoms with Gasteiger partial charge in [-0.3, -0.25) is 4.98 Å². The highest BCUT2D eigenvalue weighted by Crippen LogP contribution is 2.29. The summed E-state index contributed by atoms with van der Waals surface area (Å²) >= 11 is 0. The summed E-state index contributed by atoms with van der Waals surface area (Å²) in [7, 11) is 0. The molecule has 0 aliphatic heterocycles. The lowest BCUT2D eigenvalue weighted by molar-refractivity contribution is 0.157. The van der Waals surface area contributed by atoms with Crippen LogP contribution in [0.4, 0.5) is 0 Å². The van der Waals surface area contributed by atoms with Crippen LogP contribution in [0.1, 0.15) is 32.8 Å². The van der Waals surface area contributed by atoms with E-state index in [0.29, 0.717) is 0 Å². The molecule has 1 heterocycles. The Morgan fingerprint density at radius 3 is 2.71 bits per heavy atom. The smallest absolute Gasteiger partial charge is 0.0702 e. The minimum Gasteiger partial charge on any atom is -0.393 e. The summed E-state index contributed by atoms with van der Waals surface area (Å²) in [5.74, 6) is 0. The van der Waals surface area contributed by atoms with Crippen LogP contribution < -0.4 is 0 Å². The normalized spacial score (nSPS) is 13.9. The van der Waals surface area contributed by atoms with Gasteiger partial charge in [0.05, 0.1) is 11.6 Å². The second-order valence-corrected chi connectivity index (χ2v) is 5.35. The molecule has 1 unspecified atom stereocenters. The van der Waals surface area contributed by atoms with Gasteiger partial charge in [-0.25, -0.2) is 0 Å². The molecule has 2 heteroatoms. The number of hydrogen-bond acceptors (Lipinski definition) is 2. The lowest BCUT2D eigenvalue weighted by Gasteiger charge is -2.26. The van der Waals surface area contributed by atoms with Crippen LogP contribution in [0.25, 0.3) is 10.9 Å². The topological polar surface area (TPSA) is 33.1 Å². The third kappa shape index (κ3) is 2.64. The third-order valence-corrected chi connectivity index (χ3v) is 3.18. The molecule has 0 aliphatic carbocycles. The van der Waals surface area contributed by atoms with E-state index in [1.807, 2.05) is 31.3 Å². The molecule has 0 fully saturated rings.